The molecule has 3 aliphatic rings. The maximum absolute atomic E-state index is 12.9. The molecule has 0 atom stereocenters. The lowest BCUT2D eigenvalue weighted by Crippen LogP contribution is -2.54. The maximum atomic E-state index is 12.9. The molecular weight excluding hydrogens is 701 g/mol. The fraction of sp³-hybridized carbons (Fsp3) is 0.483. The highest BCUT2D eigenvalue weighted by molar-refractivity contribution is 6.67. The van der Waals surface area contributed by atoms with Gasteiger partial charge < -0.3 is 23.8 Å². The zero-order valence-electron chi connectivity index (χ0n) is 23.8. The van der Waals surface area contributed by atoms with Crippen molar-refractivity contribution in [2.75, 3.05) is 31.6 Å². The SMILES string of the molecule is CCOC(=O)CCCc1ccc(-c2ccccc2)c(NC(=O)OC23CCN(CC2)CC3)c1.O=C(OC(Cl)(Cl)Cl)OC(Cl)(Cl)Cl. The highest BCUT2D eigenvalue weighted by Gasteiger charge is 2.42. The summed E-state index contributed by atoms with van der Waals surface area (Å²) >= 11 is 30.2. The molecule has 5 rings (SSSR count). The van der Waals surface area contributed by atoms with E-state index >= 15 is 0 Å². The maximum Gasteiger partial charge on any atom is 0.515 e. The summed E-state index contributed by atoms with van der Waals surface area (Å²) in [5, 5.41) is 3.03. The number of halogens is 6. The number of ether oxygens (including phenoxy) is 4. The van der Waals surface area contributed by atoms with Crippen LogP contribution in [0.5, 0.6) is 0 Å². The monoisotopic (exact) mass is 730 g/mol. The Morgan fingerprint density at radius 1 is 0.886 bits per heavy atom. The fourth-order valence-electron chi connectivity index (χ4n) is 4.88. The number of rotatable bonds is 8. The van der Waals surface area contributed by atoms with E-state index in [9.17, 15) is 14.4 Å². The lowest BCUT2D eigenvalue weighted by Gasteiger charge is -2.47. The first-order chi connectivity index (χ1) is 20.7. The first kappa shape index (κ1) is 36.6. The summed E-state index contributed by atoms with van der Waals surface area (Å²) in [5.74, 6) is -0.173. The molecule has 0 spiro atoms. The van der Waals surface area contributed by atoms with Gasteiger partial charge in [-0.25, -0.2) is 9.59 Å². The Labute approximate surface area is 286 Å². The number of fused-ring (bicyclic) bond motifs is 3. The zero-order valence-corrected chi connectivity index (χ0v) is 28.3. The Kier molecular flexibility index (Phi) is 13.8. The molecular formula is C29H32Cl6N2O7. The van der Waals surface area contributed by atoms with Gasteiger partial charge in [0.2, 0.25) is 0 Å². The first-order valence-corrected chi connectivity index (χ1v) is 16.1. The van der Waals surface area contributed by atoms with Crippen molar-refractivity contribution in [3.05, 3.63) is 54.1 Å². The van der Waals surface area contributed by atoms with E-state index < -0.39 is 14.1 Å². The largest absolute Gasteiger partial charge is 0.515 e. The Morgan fingerprint density at radius 2 is 1.48 bits per heavy atom. The minimum Gasteiger partial charge on any atom is -0.466 e. The Morgan fingerprint density at radius 3 is 2.02 bits per heavy atom. The van der Waals surface area contributed by atoms with Crippen molar-refractivity contribution in [2.24, 2.45) is 0 Å². The number of aryl methyl sites for hydroxylation is 1. The Bertz CT molecular complexity index is 1230. The molecule has 15 heteroatoms. The van der Waals surface area contributed by atoms with Gasteiger partial charge in [-0.3, -0.25) is 10.1 Å². The molecule has 0 aromatic heterocycles. The minimum atomic E-state index is -2.24. The van der Waals surface area contributed by atoms with Crippen LogP contribution in [-0.2, 0) is 30.2 Å². The number of nitrogens with one attached hydrogen (secondary N) is 1. The number of hydrogen-bond acceptors (Lipinski definition) is 8. The van der Waals surface area contributed by atoms with Gasteiger partial charge in [-0.1, -0.05) is 42.5 Å². The number of nitrogens with zero attached hydrogens (tertiary/aromatic N) is 1. The highest BCUT2D eigenvalue weighted by Crippen LogP contribution is 2.36. The van der Waals surface area contributed by atoms with Crippen LogP contribution in [0.4, 0.5) is 15.3 Å². The van der Waals surface area contributed by atoms with Gasteiger partial charge in [0.15, 0.2) is 0 Å². The third-order valence-corrected chi connectivity index (χ3v) is 7.38. The molecule has 1 amide bonds. The van der Waals surface area contributed by atoms with Crippen LogP contribution in [0.25, 0.3) is 11.1 Å². The van der Waals surface area contributed by atoms with Crippen LogP contribution in [-0.4, -0.2) is 62.9 Å². The number of hydrogen-bond donors (Lipinski definition) is 1. The Balaban J connectivity index is 0.000000375. The smallest absolute Gasteiger partial charge is 0.466 e. The summed E-state index contributed by atoms with van der Waals surface area (Å²) in [7, 11) is 0. The number of piperidine rings is 3. The normalized spacial score (nSPS) is 19.2. The van der Waals surface area contributed by atoms with Crippen molar-refractivity contribution >= 4 is 93.5 Å². The van der Waals surface area contributed by atoms with E-state index in [1.807, 2.05) is 49.4 Å². The fourth-order valence-corrected chi connectivity index (χ4v) is 5.26. The average molecular weight is 733 g/mol. The van der Waals surface area contributed by atoms with Gasteiger partial charge >= 0.3 is 26.2 Å². The van der Waals surface area contributed by atoms with Crippen molar-refractivity contribution < 1.29 is 33.3 Å². The van der Waals surface area contributed by atoms with Crippen molar-refractivity contribution in [3.63, 3.8) is 0 Å². The molecule has 0 radical (unpaired) electrons. The summed E-state index contributed by atoms with van der Waals surface area (Å²) in [6, 6.07) is 16.1. The number of carbonyl (C=O) groups excluding carboxylic acids is 3. The molecule has 3 fully saturated rings. The molecule has 9 nitrogen and oxygen atoms in total. The van der Waals surface area contributed by atoms with Crippen molar-refractivity contribution in [1.29, 1.82) is 0 Å². The lowest BCUT2D eigenvalue weighted by atomic mass is 9.83. The van der Waals surface area contributed by atoms with Crippen LogP contribution < -0.4 is 5.32 Å². The van der Waals surface area contributed by atoms with E-state index in [0.717, 1.165) is 67.7 Å². The average Bonchev–Trinajstić information content (AvgIpc) is 2.93. The van der Waals surface area contributed by atoms with Crippen LogP contribution in [0.1, 0.15) is 44.6 Å². The molecule has 3 saturated heterocycles. The highest BCUT2D eigenvalue weighted by atomic mass is 35.6. The van der Waals surface area contributed by atoms with Crippen molar-refractivity contribution in [3.8, 4) is 11.1 Å². The summed E-state index contributed by atoms with van der Waals surface area (Å²) in [6.07, 6.45) is 2.74. The van der Waals surface area contributed by atoms with E-state index in [1.165, 1.54) is 0 Å². The second-order valence-electron chi connectivity index (χ2n) is 10.0. The molecule has 242 valence electrons. The third kappa shape index (κ3) is 12.9. The van der Waals surface area contributed by atoms with Crippen molar-refractivity contribution in [2.45, 2.75) is 59.0 Å². The van der Waals surface area contributed by atoms with Crippen molar-refractivity contribution in [1.82, 2.24) is 4.90 Å². The van der Waals surface area contributed by atoms with E-state index in [4.69, 9.17) is 79.1 Å². The standard InChI is InChI=1S/C26H32N2O4.C3Cl6O3/c1-2-31-24(29)10-6-7-20-11-12-22(21-8-4-3-5-9-21)23(19-20)27-25(30)32-26-13-16-28(17-14-26)18-15-26;4-2(5,6)11-1(10)12-3(7,8)9/h3-5,8-9,11-12,19H,2,6-7,10,13-18H2,1H3,(H,27,30);. The van der Waals surface area contributed by atoms with Gasteiger partial charge in [-0.05, 0) is 107 Å². The number of benzene rings is 2. The third-order valence-electron chi connectivity index (χ3n) is 6.92. The minimum absolute atomic E-state index is 0.173. The van der Waals surface area contributed by atoms with E-state index in [-0.39, 0.29) is 17.7 Å². The van der Waals surface area contributed by atoms with Gasteiger partial charge in [-0.2, -0.15) is 0 Å². The van der Waals surface area contributed by atoms with Crippen LogP contribution in [0.15, 0.2) is 48.5 Å². The van der Waals surface area contributed by atoms with Gasteiger partial charge in [0.05, 0.1) is 12.3 Å². The summed E-state index contributed by atoms with van der Waals surface area (Å²) in [6.45, 7) is 5.21. The predicted octanol–water partition coefficient (Wildman–Crippen LogP) is 8.82. The molecule has 2 aromatic carbocycles. The van der Waals surface area contributed by atoms with Crippen LogP contribution in [0.3, 0.4) is 0 Å². The van der Waals surface area contributed by atoms with Gasteiger partial charge in [-0.15, -0.1) is 0 Å². The summed E-state index contributed by atoms with van der Waals surface area (Å²) in [5.41, 5.74) is 3.45. The zero-order chi connectivity index (χ0) is 32.4. The van der Waals surface area contributed by atoms with Crippen LogP contribution in [0, 0.1) is 0 Å². The molecule has 44 heavy (non-hydrogen) atoms. The molecule has 0 unspecified atom stereocenters. The molecule has 0 aliphatic carbocycles. The molecule has 3 heterocycles. The second kappa shape index (κ2) is 16.6. The number of anilines is 1. The van der Waals surface area contributed by atoms with Gasteiger partial charge in [0.1, 0.15) is 5.60 Å². The van der Waals surface area contributed by atoms with E-state index in [1.54, 1.807) is 0 Å². The topological polar surface area (TPSA) is 103 Å². The van der Waals surface area contributed by atoms with Crippen LogP contribution >= 0.6 is 69.6 Å². The Hall–Kier alpha value is -1.85. The number of amides is 1. The predicted molar refractivity (Wildman–Crippen MR) is 173 cm³/mol. The summed E-state index contributed by atoms with van der Waals surface area (Å²) in [4.78, 5) is 37.5. The van der Waals surface area contributed by atoms with E-state index in [0.29, 0.717) is 19.4 Å². The number of alkyl halides is 6. The van der Waals surface area contributed by atoms with Crippen LogP contribution in [0.2, 0.25) is 0 Å². The molecule has 2 bridgehead atoms. The summed E-state index contributed by atoms with van der Waals surface area (Å²) < 4.78 is 14.5. The molecule has 3 aliphatic heterocycles. The first-order valence-electron chi connectivity index (χ1n) is 13.8. The molecule has 1 N–H and O–H groups in total. The van der Waals surface area contributed by atoms with Gasteiger partial charge in [0, 0.05) is 50.9 Å². The van der Waals surface area contributed by atoms with E-state index in [2.05, 4.69) is 25.8 Å². The quantitative estimate of drug-likeness (QED) is 0.163. The number of esters is 1. The molecule has 0 saturated carbocycles. The second-order valence-corrected chi connectivity index (χ2v) is 14.4. The van der Waals surface area contributed by atoms with Gasteiger partial charge in [0.25, 0.3) is 0 Å². The number of carbonyl (C=O) groups is 3. The molecule has 2 aromatic rings. The lowest BCUT2D eigenvalue weighted by molar-refractivity contribution is -0.143.